The SMILES string of the molecule is COc1ccc(NC(=O)c2cc(-c3ccccc3S(=O)(=O)NC(C)(C)C)ccc2Cl)cc1. The number of methoxy groups -OCH3 is 1. The van der Waals surface area contributed by atoms with Gasteiger partial charge in [0.25, 0.3) is 5.91 Å². The highest BCUT2D eigenvalue weighted by Crippen LogP contribution is 2.31. The van der Waals surface area contributed by atoms with E-state index in [1.165, 1.54) is 6.07 Å². The first-order valence-corrected chi connectivity index (χ1v) is 11.7. The molecule has 3 rings (SSSR count). The van der Waals surface area contributed by atoms with Gasteiger partial charge in [-0.05, 0) is 68.8 Å². The average molecular weight is 473 g/mol. The summed E-state index contributed by atoms with van der Waals surface area (Å²) in [6.45, 7) is 5.32. The number of amides is 1. The first-order valence-electron chi connectivity index (χ1n) is 9.88. The second-order valence-corrected chi connectivity index (χ2v) is 10.3. The Balaban J connectivity index is 1.98. The van der Waals surface area contributed by atoms with Gasteiger partial charge in [-0.15, -0.1) is 0 Å². The lowest BCUT2D eigenvalue weighted by Crippen LogP contribution is -2.40. The van der Waals surface area contributed by atoms with Gasteiger partial charge < -0.3 is 10.1 Å². The van der Waals surface area contributed by atoms with Crippen LogP contribution < -0.4 is 14.8 Å². The van der Waals surface area contributed by atoms with Crippen molar-refractivity contribution in [3.05, 3.63) is 77.3 Å². The van der Waals surface area contributed by atoms with Crippen LogP contribution in [0.1, 0.15) is 31.1 Å². The van der Waals surface area contributed by atoms with E-state index >= 15 is 0 Å². The van der Waals surface area contributed by atoms with Gasteiger partial charge in [0.15, 0.2) is 0 Å². The number of halogens is 1. The molecular formula is C24H25ClN2O4S. The normalized spacial score (nSPS) is 11.8. The predicted molar refractivity (Wildman–Crippen MR) is 128 cm³/mol. The van der Waals surface area contributed by atoms with Crippen LogP contribution in [0.5, 0.6) is 5.75 Å². The van der Waals surface area contributed by atoms with Gasteiger partial charge in [0.05, 0.1) is 22.6 Å². The van der Waals surface area contributed by atoms with Crippen molar-refractivity contribution in [2.24, 2.45) is 0 Å². The van der Waals surface area contributed by atoms with Crippen molar-refractivity contribution in [1.82, 2.24) is 4.72 Å². The molecule has 0 saturated heterocycles. The quantitative estimate of drug-likeness (QED) is 0.506. The molecule has 1 amide bonds. The molecular weight excluding hydrogens is 448 g/mol. The van der Waals surface area contributed by atoms with Gasteiger partial charge in [-0.1, -0.05) is 35.9 Å². The van der Waals surface area contributed by atoms with Gasteiger partial charge in [-0.2, -0.15) is 0 Å². The van der Waals surface area contributed by atoms with Crippen molar-refractivity contribution in [3.8, 4) is 16.9 Å². The summed E-state index contributed by atoms with van der Waals surface area (Å²) in [5, 5.41) is 3.05. The van der Waals surface area contributed by atoms with Crippen LogP contribution in [0.25, 0.3) is 11.1 Å². The smallest absolute Gasteiger partial charge is 0.257 e. The molecule has 0 saturated carbocycles. The molecule has 0 unspecified atom stereocenters. The molecule has 168 valence electrons. The number of anilines is 1. The fourth-order valence-electron chi connectivity index (χ4n) is 3.14. The zero-order valence-corrected chi connectivity index (χ0v) is 19.8. The Hall–Kier alpha value is -2.87. The molecule has 3 aromatic rings. The molecule has 32 heavy (non-hydrogen) atoms. The summed E-state index contributed by atoms with van der Waals surface area (Å²) < 4.78 is 33.8. The molecule has 2 N–H and O–H groups in total. The highest BCUT2D eigenvalue weighted by Gasteiger charge is 2.25. The van der Waals surface area contributed by atoms with E-state index in [1.54, 1.807) is 88.5 Å². The summed E-state index contributed by atoms with van der Waals surface area (Å²) >= 11 is 6.30. The largest absolute Gasteiger partial charge is 0.497 e. The van der Waals surface area contributed by atoms with E-state index in [9.17, 15) is 13.2 Å². The molecule has 0 aliphatic heterocycles. The number of carbonyl (C=O) groups is 1. The van der Waals surface area contributed by atoms with E-state index < -0.39 is 21.5 Å². The number of rotatable bonds is 6. The number of ether oxygens (including phenoxy) is 1. The Morgan fingerprint density at radius 2 is 1.62 bits per heavy atom. The van der Waals surface area contributed by atoms with Crippen LogP contribution in [0, 0.1) is 0 Å². The van der Waals surface area contributed by atoms with Gasteiger partial charge >= 0.3 is 0 Å². The van der Waals surface area contributed by atoms with Gasteiger partial charge in [0.2, 0.25) is 10.0 Å². The lowest BCUT2D eigenvalue weighted by Gasteiger charge is -2.21. The van der Waals surface area contributed by atoms with Crippen LogP contribution in [-0.2, 0) is 10.0 Å². The third-order valence-corrected chi connectivity index (χ3v) is 6.63. The summed E-state index contributed by atoms with van der Waals surface area (Å²) in [4.78, 5) is 13.0. The van der Waals surface area contributed by atoms with Crippen LogP contribution in [0.15, 0.2) is 71.6 Å². The Morgan fingerprint density at radius 1 is 0.969 bits per heavy atom. The van der Waals surface area contributed by atoms with E-state index in [0.29, 0.717) is 22.6 Å². The Morgan fingerprint density at radius 3 is 2.25 bits per heavy atom. The number of hydrogen-bond donors (Lipinski definition) is 2. The third-order valence-electron chi connectivity index (χ3n) is 4.49. The minimum atomic E-state index is -3.79. The molecule has 0 atom stereocenters. The minimum Gasteiger partial charge on any atom is -0.497 e. The molecule has 0 aromatic heterocycles. The monoisotopic (exact) mass is 472 g/mol. The third kappa shape index (κ3) is 5.68. The first kappa shape index (κ1) is 23.8. The fraction of sp³-hybridized carbons (Fsp3) is 0.208. The van der Waals surface area contributed by atoms with E-state index in [0.717, 1.165) is 0 Å². The maximum Gasteiger partial charge on any atom is 0.257 e. The van der Waals surface area contributed by atoms with E-state index in [-0.39, 0.29) is 15.5 Å². The maximum absolute atomic E-state index is 13.0. The van der Waals surface area contributed by atoms with Gasteiger partial charge in [0.1, 0.15) is 5.75 Å². The number of benzene rings is 3. The van der Waals surface area contributed by atoms with Gasteiger partial charge in [-0.3, -0.25) is 4.79 Å². The summed E-state index contributed by atoms with van der Waals surface area (Å²) in [5.74, 6) is 0.264. The van der Waals surface area contributed by atoms with E-state index in [1.807, 2.05) is 0 Å². The fourth-order valence-corrected chi connectivity index (χ4v) is 4.99. The van der Waals surface area contributed by atoms with Crippen molar-refractivity contribution in [3.63, 3.8) is 0 Å². The summed E-state index contributed by atoms with van der Waals surface area (Å²) in [6, 6.07) is 18.4. The second-order valence-electron chi connectivity index (χ2n) is 8.23. The minimum absolute atomic E-state index is 0.124. The van der Waals surface area contributed by atoms with E-state index in [4.69, 9.17) is 16.3 Å². The van der Waals surface area contributed by atoms with Crippen molar-refractivity contribution in [1.29, 1.82) is 0 Å². The maximum atomic E-state index is 13.0. The van der Waals surface area contributed by atoms with Crippen molar-refractivity contribution >= 4 is 33.2 Å². The topological polar surface area (TPSA) is 84.5 Å². The highest BCUT2D eigenvalue weighted by atomic mass is 35.5. The molecule has 0 aliphatic carbocycles. The van der Waals surface area contributed by atoms with Crippen LogP contribution in [0.4, 0.5) is 5.69 Å². The first-order chi connectivity index (χ1) is 15.0. The summed E-state index contributed by atoms with van der Waals surface area (Å²) in [6.07, 6.45) is 0. The average Bonchev–Trinajstić information content (AvgIpc) is 2.73. The highest BCUT2D eigenvalue weighted by molar-refractivity contribution is 7.89. The Labute approximate surface area is 193 Å². The van der Waals surface area contributed by atoms with Crippen molar-refractivity contribution in [2.75, 3.05) is 12.4 Å². The summed E-state index contributed by atoms with van der Waals surface area (Å²) in [7, 11) is -2.23. The zero-order valence-electron chi connectivity index (χ0n) is 18.3. The molecule has 0 aliphatic rings. The van der Waals surface area contributed by atoms with E-state index in [2.05, 4.69) is 10.0 Å². The molecule has 0 radical (unpaired) electrons. The van der Waals surface area contributed by atoms with Crippen LogP contribution >= 0.6 is 11.6 Å². The molecule has 3 aromatic carbocycles. The van der Waals surface area contributed by atoms with Crippen molar-refractivity contribution < 1.29 is 17.9 Å². The number of carbonyl (C=O) groups excluding carboxylic acids is 1. The zero-order chi connectivity index (χ0) is 23.5. The number of nitrogens with one attached hydrogen (secondary N) is 2. The van der Waals surface area contributed by atoms with Gasteiger partial charge in [0, 0.05) is 16.8 Å². The molecule has 0 bridgehead atoms. The van der Waals surface area contributed by atoms with Gasteiger partial charge in [-0.25, -0.2) is 13.1 Å². The van der Waals surface area contributed by atoms with Crippen LogP contribution in [0.2, 0.25) is 5.02 Å². The standard InChI is InChI=1S/C24H25ClN2O4S/c1-24(2,3)27-32(29,30)22-8-6-5-7-19(22)16-9-14-21(25)20(15-16)23(28)26-17-10-12-18(31-4)13-11-17/h5-15,27H,1-4H3,(H,26,28). The number of hydrogen-bond acceptors (Lipinski definition) is 4. The van der Waals surface area contributed by atoms with Crippen molar-refractivity contribution in [2.45, 2.75) is 31.2 Å². The van der Waals surface area contributed by atoms with Crippen LogP contribution in [-0.4, -0.2) is 27.0 Å². The lowest BCUT2D eigenvalue weighted by atomic mass is 10.0. The predicted octanol–water partition coefficient (Wildman–Crippen LogP) is 5.34. The Kier molecular flexibility index (Phi) is 6.93. The number of sulfonamides is 1. The molecule has 0 spiro atoms. The molecule has 6 nitrogen and oxygen atoms in total. The lowest BCUT2D eigenvalue weighted by molar-refractivity contribution is 0.102. The molecule has 0 fully saturated rings. The Bertz CT molecular complexity index is 1230. The van der Waals surface area contributed by atoms with Crippen LogP contribution in [0.3, 0.4) is 0 Å². The molecule has 0 heterocycles. The molecule has 8 heteroatoms. The second kappa shape index (κ2) is 9.32. The summed E-state index contributed by atoms with van der Waals surface area (Å²) in [5.41, 5.74) is 1.20.